The van der Waals surface area contributed by atoms with Gasteiger partial charge in [-0.3, -0.25) is 4.79 Å². The molecule has 0 spiro atoms. The summed E-state index contributed by atoms with van der Waals surface area (Å²) >= 11 is 0. The number of nitrogens with zero attached hydrogens (tertiary/aromatic N) is 1. The predicted octanol–water partition coefficient (Wildman–Crippen LogP) is 6.68. The lowest BCUT2D eigenvalue weighted by atomic mass is 10.0. The molecule has 0 aliphatic carbocycles. The lowest BCUT2D eigenvalue weighted by molar-refractivity contribution is -0.137. The van der Waals surface area contributed by atoms with Gasteiger partial charge in [-0.25, -0.2) is 4.79 Å². The monoisotopic (exact) mass is 516 g/mol. The second kappa shape index (κ2) is 10.9. The molecule has 0 radical (unpaired) electrons. The van der Waals surface area contributed by atoms with E-state index in [1.807, 2.05) is 24.3 Å². The number of carboxylic acids is 1. The first kappa shape index (κ1) is 26.0. The summed E-state index contributed by atoms with van der Waals surface area (Å²) in [6.45, 7) is 0.0808. The van der Waals surface area contributed by atoms with E-state index in [2.05, 4.69) is 5.32 Å². The van der Waals surface area contributed by atoms with E-state index < -0.39 is 23.6 Å². The molecule has 4 aromatic carbocycles. The van der Waals surface area contributed by atoms with Crippen LogP contribution in [-0.2, 0) is 17.6 Å². The topological polar surface area (TPSA) is 99.4 Å². The summed E-state index contributed by atoms with van der Waals surface area (Å²) in [5.41, 5.74) is -0.117. The molecule has 38 heavy (non-hydrogen) atoms. The number of hydrogen-bond acceptors (Lipinski definition) is 4. The Morgan fingerprint density at radius 3 is 2.39 bits per heavy atom. The van der Waals surface area contributed by atoms with Gasteiger partial charge < -0.3 is 15.2 Å². The first-order valence-corrected chi connectivity index (χ1v) is 11.2. The van der Waals surface area contributed by atoms with Crippen LogP contribution in [0.4, 0.5) is 18.9 Å². The molecule has 4 aromatic rings. The van der Waals surface area contributed by atoms with Crippen LogP contribution >= 0.6 is 0 Å². The minimum Gasteiger partial charge on any atom is -0.488 e. The van der Waals surface area contributed by atoms with Crippen molar-refractivity contribution in [3.05, 3.63) is 113 Å². The Hall–Kier alpha value is -5.10. The second-order valence-corrected chi connectivity index (χ2v) is 8.19. The molecule has 0 aliphatic rings. The Kier molecular flexibility index (Phi) is 7.44. The number of alkyl halides is 3. The Morgan fingerprint density at radius 1 is 0.974 bits per heavy atom. The molecule has 190 valence electrons. The van der Waals surface area contributed by atoms with Gasteiger partial charge in [0.1, 0.15) is 24.0 Å². The summed E-state index contributed by atoms with van der Waals surface area (Å²) in [7, 11) is 0. The lowest BCUT2D eigenvalue weighted by Gasteiger charge is -2.13. The third kappa shape index (κ3) is 5.99. The van der Waals surface area contributed by atoms with E-state index in [4.69, 9.17) is 9.84 Å². The zero-order chi connectivity index (χ0) is 27.3. The van der Waals surface area contributed by atoms with Gasteiger partial charge in [0.15, 0.2) is 0 Å². The third-order valence-corrected chi connectivity index (χ3v) is 5.63. The average Bonchev–Trinajstić information content (AvgIpc) is 2.90. The number of halogens is 3. The van der Waals surface area contributed by atoms with Crippen molar-refractivity contribution in [2.45, 2.75) is 12.8 Å². The Balaban J connectivity index is 1.66. The molecule has 0 saturated heterocycles. The number of fused-ring (bicyclic) bond motifs is 1. The highest BCUT2D eigenvalue weighted by molar-refractivity contribution is 6.11. The van der Waals surface area contributed by atoms with Crippen LogP contribution in [0.3, 0.4) is 0 Å². The van der Waals surface area contributed by atoms with Crippen molar-refractivity contribution in [3.8, 4) is 11.8 Å². The fourth-order valence-electron chi connectivity index (χ4n) is 3.72. The van der Waals surface area contributed by atoms with E-state index in [1.54, 1.807) is 30.3 Å². The van der Waals surface area contributed by atoms with E-state index >= 15 is 0 Å². The van der Waals surface area contributed by atoms with Crippen LogP contribution in [0.15, 0.2) is 90.5 Å². The first-order valence-electron chi connectivity index (χ1n) is 11.2. The van der Waals surface area contributed by atoms with Crippen molar-refractivity contribution in [1.29, 1.82) is 5.26 Å². The molecule has 2 N–H and O–H groups in total. The summed E-state index contributed by atoms with van der Waals surface area (Å²) in [5.74, 6) is -1.58. The molecule has 0 bridgehead atoms. The molecule has 0 saturated carbocycles. The molecule has 4 rings (SSSR count). The lowest BCUT2D eigenvalue weighted by Crippen LogP contribution is -2.14. The number of nitrogens with one attached hydrogen (secondary N) is 1. The summed E-state index contributed by atoms with van der Waals surface area (Å²) in [6, 6.07) is 22.8. The van der Waals surface area contributed by atoms with Crippen LogP contribution < -0.4 is 10.1 Å². The number of carbonyl (C=O) groups is 2. The summed E-state index contributed by atoms with van der Waals surface area (Å²) in [5, 5.41) is 22.6. The molecule has 0 unspecified atom stereocenters. The van der Waals surface area contributed by atoms with Crippen molar-refractivity contribution in [3.63, 3.8) is 0 Å². The van der Waals surface area contributed by atoms with Gasteiger partial charge in [0.2, 0.25) is 0 Å². The highest BCUT2D eigenvalue weighted by Gasteiger charge is 2.30. The number of rotatable bonds is 7. The maximum absolute atomic E-state index is 13.0. The number of ether oxygens (including phenoxy) is 1. The Morgan fingerprint density at radius 2 is 1.71 bits per heavy atom. The van der Waals surface area contributed by atoms with Gasteiger partial charge in [0.25, 0.3) is 5.91 Å². The maximum Gasteiger partial charge on any atom is 0.416 e. The third-order valence-electron chi connectivity index (χ3n) is 5.63. The van der Waals surface area contributed by atoms with E-state index in [0.717, 1.165) is 23.6 Å². The summed E-state index contributed by atoms with van der Waals surface area (Å²) in [6.07, 6.45) is -3.26. The van der Waals surface area contributed by atoms with Gasteiger partial charge in [0.05, 0.1) is 11.1 Å². The van der Waals surface area contributed by atoms with Gasteiger partial charge in [-0.2, -0.15) is 18.4 Å². The first-order chi connectivity index (χ1) is 18.2. The molecule has 0 fully saturated rings. The van der Waals surface area contributed by atoms with Crippen molar-refractivity contribution >= 4 is 34.4 Å². The standard InChI is InChI=1S/C29H19F3N2O4/c30-29(31,32)22-5-3-6-23(15-22)34-27(35)21(16-33)14-25-24-7-2-1-4-19(24)12-13-26(25)38-17-18-8-10-20(11-9-18)28(36)37/h1-15H,17H2,(H,34,35)(H,36,37)/b21-14-. The highest BCUT2D eigenvalue weighted by Crippen LogP contribution is 2.32. The van der Waals surface area contributed by atoms with Crippen LogP contribution in [0.2, 0.25) is 0 Å². The van der Waals surface area contributed by atoms with Gasteiger partial charge in [-0.1, -0.05) is 48.5 Å². The van der Waals surface area contributed by atoms with Gasteiger partial charge in [-0.05, 0) is 58.8 Å². The van der Waals surface area contributed by atoms with Crippen molar-refractivity contribution in [1.82, 2.24) is 0 Å². The Labute approximate surface area is 215 Å². The average molecular weight is 516 g/mol. The largest absolute Gasteiger partial charge is 0.488 e. The molecule has 6 nitrogen and oxygen atoms in total. The van der Waals surface area contributed by atoms with Crippen LogP contribution in [0.25, 0.3) is 16.8 Å². The Bertz CT molecular complexity index is 1590. The fraction of sp³-hybridized carbons (Fsp3) is 0.0690. The summed E-state index contributed by atoms with van der Waals surface area (Å²) in [4.78, 5) is 23.9. The molecule has 0 heterocycles. The van der Waals surface area contributed by atoms with Gasteiger partial charge in [0, 0.05) is 11.3 Å². The second-order valence-electron chi connectivity index (χ2n) is 8.19. The molecule has 1 amide bonds. The number of nitriles is 1. The van der Waals surface area contributed by atoms with Gasteiger partial charge >= 0.3 is 12.1 Å². The van der Waals surface area contributed by atoms with Gasteiger partial charge in [-0.15, -0.1) is 0 Å². The van der Waals surface area contributed by atoms with E-state index in [0.29, 0.717) is 22.3 Å². The number of carboxylic acid groups (broad SMARTS) is 1. The predicted molar refractivity (Wildman–Crippen MR) is 135 cm³/mol. The van der Waals surface area contributed by atoms with Crippen molar-refractivity contribution in [2.24, 2.45) is 0 Å². The zero-order valence-electron chi connectivity index (χ0n) is 19.6. The molecule has 0 aliphatic heterocycles. The number of hydrogen-bond donors (Lipinski definition) is 2. The quantitative estimate of drug-likeness (QED) is 0.211. The highest BCUT2D eigenvalue weighted by atomic mass is 19.4. The van der Waals surface area contributed by atoms with E-state index in [-0.39, 0.29) is 23.4 Å². The van der Waals surface area contributed by atoms with Crippen LogP contribution in [0, 0.1) is 11.3 Å². The summed E-state index contributed by atoms with van der Waals surface area (Å²) < 4.78 is 45.1. The smallest absolute Gasteiger partial charge is 0.416 e. The fourth-order valence-corrected chi connectivity index (χ4v) is 3.72. The molecular weight excluding hydrogens is 497 g/mol. The number of aromatic carboxylic acids is 1. The molecule has 0 atom stereocenters. The van der Waals surface area contributed by atoms with Crippen LogP contribution in [0.5, 0.6) is 5.75 Å². The van der Waals surface area contributed by atoms with Crippen LogP contribution in [0.1, 0.15) is 27.0 Å². The molecule has 9 heteroatoms. The number of benzene rings is 4. The minimum absolute atomic E-state index is 0.0808. The van der Waals surface area contributed by atoms with Crippen molar-refractivity contribution < 1.29 is 32.6 Å². The zero-order valence-corrected chi connectivity index (χ0v) is 19.6. The normalized spacial score (nSPS) is 11.6. The maximum atomic E-state index is 13.0. The number of carbonyl (C=O) groups excluding carboxylic acids is 1. The SMILES string of the molecule is N#C/C(=C/c1c(OCc2ccc(C(=O)O)cc2)ccc2ccccc12)C(=O)Nc1cccc(C(F)(F)F)c1. The number of anilines is 1. The van der Waals surface area contributed by atoms with E-state index in [9.17, 15) is 28.0 Å². The molecule has 0 aromatic heterocycles. The van der Waals surface area contributed by atoms with E-state index in [1.165, 1.54) is 24.3 Å². The van der Waals surface area contributed by atoms with Crippen LogP contribution in [-0.4, -0.2) is 17.0 Å². The molecular formula is C29H19F3N2O4. The van der Waals surface area contributed by atoms with Crippen molar-refractivity contribution in [2.75, 3.05) is 5.32 Å². The minimum atomic E-state index is -4.59. The number of amides is 1.